The van der Waals surface area contributed by atoms with Crippen LogP contribution in [0.3, 0.4) is 0 Å². The molecule has 21 heavy (non-hydrogen) atoms. The fraction of sp³-hybridized carbons (Fsp3) is 0.0769. The van der Waals surface area contributed by atoms with E-state index >= 15 is 0 Å². The van der Waals surface area contributed by atoms with Gasteiger partial charge in [-0.25, -0.2) is 14.6 Å². The van der Waals surface area contributed by atoms with E-state index < -0.39 is 17.6 Å². The molecule has 0 fully saturated rings. The zero-order chi connectivity index (χ0) is 15.4. The van der Waals surface area contributed by atoms with Gasteiger partial charge in [-0.1, -0.05) is 15.9 Å². The summed E-state index contributed by atoms with van der Waals surface area (Å²) in [6.07, 6.45) is 2.75. The monoisotopic (exact) mass is 351 g/mol. The number of anilines is 1. The van der Waals surface area contributed by atoms with Crippen LogP contribution < -0.4 is 11.0 Å². The maximum atomic E-state index is 11.9. The summed E-state index contributed by atoms with van der Waals surface area (Å²) in [6, 6.07) is 5.99. The lowest BCUT2D eigenvalue weighted by Crippen LogP contribution is -2.28. The SMILES string of the molecule is O=C(Cn1cccnc1=O)Nc1ccc(Br)cc1C(=O)O. The number of nitrogens with one attached hydrogen (secondary N) is 1. The van der Waals surface area contributed by atoms with Gasteiger partial charge in [0.25, 0.3) is 0 Å². The number of carbonyl (C=O) groups excluding carboxylic acids is 1. The number of halogens is 1. The standard InChI is InChI=1S/C13H10BrN3O4/c14-8-2-3-10(9(6-8)12(19)20)16-11(18)7-17-5-1-4-15-13(17)21/h1-6H,7H2,(H,16,18)(H,19,20). The van der Waals surface area contributed by atoms with Crippen LogP contribution in [0.25, 0.3) is 0 Å². The van der Waals surface area contributed by atoms with Gasteiger partial charge in [0, 0.05) is 16.9 Å². The molecule has 0 aliphatic rings. The second-order valence-electron chi connectivity index (χ2n) is 4.07. The molecule has 7 nitrogen and oxygen atoms in total. The van der Waals surface area contributed by atoms with Crippen molar-refractivity contribution in [3.63, 3.8) is 0 Å². The lowest BCUT2D eigenvalue weighted by atomic mass is 10.2. The first-order chi connectivity index (χ1) is 9.97. The van der Waals surface area contributed by atoms with E-state index in [0.717, 1.165) is 4.57 Å². The Morgan fingerprint density at radius 1 is 1.38 bits per heavy atom. The average molecular weight is 352 g/mol. The number of nitrogens with zero attached hydrogens (tertiary/aromatic N) is 2. The van der Waals surface area contributed by atoms with E-state index in [9.17, 15) is 14.4 Å². The van der Waals surface area contributed by atoms with E-state index in [1.807, 2.05) is 0 Å². The molecular weight excluding hydrogens is 342 g/mol. The van der Waals surface area contributed by atoms with Crippen molar-refractivity contribution < 1.29 is 14.7 Å². The first-order valence-corrected chi connectivity index (χ1v) is 6.61. The van der Waals surface area contributed by atoms with Crippen LogP contribution in [0.5, 0.6) is 0 Å². The highest BCUT2D eigenvalue weighted by Crippen LogP contribution is 2.21. The molecule has 2 aromatic rings. The smallest absolute Gasteiger partial charge is 0.347 e. The van der Waals surface area contributed by atoms with Gasteiger partial charge in [-0.05, 0) is 24.3 Å². The third kappa shape index (κ3) is 3.76. The number of benzene rings is 1. The van der Waals surface area contributed by atoms with Crippen LogP contribution in [0, 0.1) is 0 Å². The summed E-state index contributed by atoms with van der Waals surface area (Å²) >= 11 is 3.16. The van der Waals surface area contributed by atoms with Gasteiger partial charge in [0.2, 0.25) is 5.91 Å². The van der Waals surface area contributed by atoms with Crippen LogP contribution in [0.2, 0.25) is 0 Å². The molecule has 0 spiro atoms. The molecule has 1 aromatic heterocycles. The van der Waals surface area contributed by atoms with Gasteiger partial charge in [-0.3, -0.25) is 9.36 Å². The van der Waals surface area contributed by atoms with Crippen molar-refractivity contribution in [3.05, 3.63) is 57.2 Å². The molecule has 0 aliphatic heterocycles. The van der Waals surface area contributed by atoms with Gasteiger partial charge in [-0.2, -0.15) is 0 Å². The number of aromatic nitrogens is 2. The Kier molecular flexibility index (Phi) is 4.49. The van der Waals surface area contributed by atoms with Gasteiger partial charge in [0.05, 0.1) is 11.3 Å². The van der Waals surface area contributed by atoms with Gasteiger partial charge >= 0.3 is 11.7 Å². The van der Waals surface area contributed by atoms with E-state index in [2.05, 4.69) is 26.2 Å². The molecule has 108 valence electrons. The summed E-state index contributed by atoms with van der Waals surface area (Å²) in [6.45, 7) is -0.248. The number of hydrogen-bond donors (Lipinski definition) is 2. The summed E-state index contributed by atoms with van der Waals surface area (Å²) in [5.74, 6) is -1.68. The minimum absolute atomic E-state index is 0.0451. The van der Waals surface area contributed by atoms with Crippen LogP contribution in [0.15, 0.2) is 45.9 Å². The zero-order valence-corrected chi connectivity index (χ0v) is 12.2. The molecular formula is C13H10BrN3O4. The van der Waals surface area contributed by atoms with E-state index in [0.29, 0.717) is 4.47 Å². The molecule has 0 unspecified atom stereocenters. The fourth-order valence-corrected chi connectivity index (χ4v) is 2.02. The maximum absolute atomic E-state index is 11.9. The summed E-state index contributed by atoms with van der Waals surface area (Å²) in [7, 11) is 0. The van der Waals surface area contributed by atoms with Crippen LogP contribution >= 0.6 is 15.9 Å². The number of amides is 1. The molecule has 0 saturated heterocycles. The molecule has 0 saturated carbocycles. The summed E-state index contributed by atoms with van der Waals surface area (Å²) < 4.78 is 1.70. The number of rotatable bonds is 4. The average Bonchev–Trinajstić information content (AvgIpc) is 2.43. The Hall–Kier alpha value is -2.48. The van der Waals surface area contributed by atoms with Gasteiger partial charge in [0.1, 0.15) is 6.54 Å². The Morgan fingerprint density at radius 2 is 2.14 bits per heavy atom. The molecule has 0 bridgehead atoms. The number of aromatic carboxylic acids is 1. The second-order valence-corrected chi connectivity index (χ2v) is 4.99. The van der Waals surface area contributed by atoms with Gasteiger partial charge in [-0.15, -0.1) is 0 Å². The summed E-state index contributed by atoms with van der Waals surface area (Å²) in [5, 5.41) is 11.6. The first-order valence-electron chi connectivity index (χ1n) is 5.81. The van der Waals surface area contributed by atoms with Crippen molar-refractivity contribution in [2.24, 2.45) is 0 Å². The molecule has 0 radical (unpaired) electrons. The lowest BCUT2D eigenvalue weighted by molar-refractivity contribution is -0.116. The normalized spacial score (nSPS) is 10.1. The number of hydrogen-bond acceptors (Lipinski definition) is 4. The Balaban J connectivity index is 2.19. The van der Waals surface area contributed by atoms with Crippen molar-refractivity contribution in [2.45, 2.75) is 6.54 Å². The number of carboxylic acids is 1. The molecule has 1 aromatic carbocycles. The van der Waals surface area contributed by atoms with Crippen molar-refractivity contribution >= 4 is 33.5 Å². The van der Waals surface area contributed by atoms with Crippen molar-refractivity contribution in [3.8, 4) is 0 Å². The topological polar surface area (TPSA) is 101 Å². The lowest BCUT2D eigenvalue weighted by Gasteiger charge is -2.09. The summed E-state index contributed by atoms with van der Waals surface area (Å²) in [5.41, 5.74) is -0.439. The maximum Gasteiger partial charge on any atom is 0.347 e. The minimum atomic E-state index is -1.16. The molecule has 2 rings (SSSR count). The van der Waals surface area contributed by atoms with E-state index in [4.69, 9.17) is 5.11 Å². The van der Waals surface area contributed by atoms with Crippen LogP contribution in [0.1, 0.15) is 10.4 Å². The highest BCUT2D eigenvalue weighted by Gasteiger charge is 2.13. The zero-order valence-electron chi connectivity index (χ0n) is 10.6. The predicted octanol–water partition coefficient (Wildman–Crippen LogP) is 1.34. The number of carboxylic acid groups (broad SMARTS) is 1. The molecule has 1 heterocycles. The van der Waals surface area contributed by atoms with E-state index in [1.54, 1.807) is 6.07 Å². The molecule has 0 aliphatic carbocycles. The third-order valence-electron chi connectivity index (χ3n) is 2.58. The molecule has 0 atom stereocenters. The van der Waals surface area contributed by atoms with E-state index in [1.165, 1.54) is 30.6 Å². The Labute approximate surface area is 127 Å². The molecule has 1 amide bonds. The summed E-state index contributed by atoms with van der Waals surface area (Å²) in [4.78, 5) is 37.9. The highest BCUT2D eigenvalue weighted by atomic mass is 79.9. The van der Waals surface area contributed by atoms with Crippen LogP contribution in [-0.2, 0) is 11.3 Å². The largest absolute Gasteiger partial charge is 0.478 e. The Bertz CT molecular complexity index is 757. The first kappa shape index (κ1) is 14.9. The van der Waals surface area contributed by atoms with Gasteiger partial charge < -0.3 is 10.4 Å². The fourth-order valence-electron chi connectivity index (χ4n) is 1.65. The van der Waals surface area contributed by atoms with E-state index in [-0.39, 0.29) is 17.8 Å². The van der Waals surface area contributed by atoms with Gasteiger partial charge in [0.15, 0.2) is 0 Å². The van der Waals surface area contributed by atoms with Crippen LogP contribution in [0.4, 0.5) is 5.69 Å². The van der Waals surface area contributed by atoms with Crippen molar-refractivity contribution in [2.75, 3.05) is 5.32 Å². The highest BCUT2D eigenvalue weighted by molar-refractivity contribution is 9.10. The quantitative estimate of drug-likeness (QED) is 0.865. The second kappa shape index (κ2) is 6.31. The van der Waals surface area contributed by atoms with Crippen molar-refractivity contribution in [1.29, 1.82) is 0 Å². The predicted molar refractivity (Wildman–Crippen MR) is 78.2 cm³/mol. The molecule has 8 heteroatoms. The minimum Gasteiger partial charge on any atom is -0.478 e. The third-order valence-corrected chi connectivity index (χ3v) is 3.08. The molecule has 2 N–H and O–H groups in total. The van der Waals surface area contributed by atoms with Crippen molar-refractivity contribution in [1.82, 2.24) is 9.55 Å². The Morgan fingerprint density at radius 3 is 2.81 bits per heavy atom. The number of carbonyl (C=O) groups is 2. The van der Waals surface area contributed by atoms with Crippen LogP contribution in [-0.4, -0.2) is 26.5 Å².